The first-order chi connectivity index (χ1) is 9.11. The zero-order valence-electron chi connectivity index (χ0n) is 11.0. The van der Waals surface area contributed by atoms with Crippen molar-refractivity contribution < 1.29 is 9.53 Å². The number of benzene rings is 1. The lowest BCUT2D eigenvalue weighted by molar-refractivity contribution is -0.119. The quantitative estimate of drug-likeness (QED) is 0.846. The molecule has 1 atom stereocenters. The fourth-order valence-corrected chi connectivity index (χ4v) is 1.78. The molecule has 0 aliphatic rings. The number of aromatic nitrogens is 1. The Balaban J connectivity index is 2.23. The summed E-state index contributed by atoms with van der Waals surface area (Å²) in [6.45, 7) is 2.21. The van der Waals surface area contributed by atoms with E-state index in [4.69, 9.17) is 10.5 Å². The Hall–Kier alpha value is -2.14. The maximum atomic E-state index is 11.0. The van der Waals surface area contributed by atoms with Crippen molar-refractivity contribution >= 4 is 16.8 Å². The van der Waals surface area contributed by atoms with Gasteiger partial charge < -0.3 is 15.8 Å². The first-order valence-corrected chi connectivity index (χ1v) is 6.07. The summed E-state index contributed by atoms with van der Waals surface area (Å²) in [6.07, 6.45) is 0. The summed E-state index contributed by atoms with van der Waals surface area (Å²) in [5.74, 6) is 0.362. The topological polar surface area (TPSA) is 77.2 Å². The fourth-order valence-electron chi connectivity index (χ4n) is 1.78. The molecule has 1 heterocycles. The lowest BCUT2D eigenvalue weighted by Gasteiger charge is -2.10. The molecule has 2 aromatic rings. The minimum atomic E-state index is -0.379. The molecule has 1 aromatic carbocycles. The number of primary amides is 1. The molecule has 3 N–H and O–H groups in total. The molecule has 5 nitrogen and oxygen atoms in total. The highest BCUT2D eigenvalue weighted by Gasteiger charge is 2.09. The molecule has 0 saturated heterocycles. The van der Waals surface area contributed by atoms with Crippen LogP contribution in [0.15, 0.2) is 30.3 Å². The van der Waals surface area contributed by atoms with Gasteiger partial charge in [-0.3, -0.25) is 4.79 Å². The second-order valence-corrected chi connectivity index (χ2v) is 4.34. The molecule has 100 valence electrons. The van der Waals surface area contributed by atoms with Crippen LogP contribution in [-0.2, 0) is 11.3 Å². The van der Waals surface area contributed by atoms with E-state index < -0.39 is 0 Å². The Kier molecular flexibility index (Phi) is 3.97. The van der Waals surface area contributed by atoms with E-state index in [1.165, 1.54) is 0 Å². The van der Waals surface area contributed by atoms with E-state index in [9.17, 15) is 4.79 Å². The molecule has 1 aromatic heterocycles. The number of rotatable bonds is 5. The summed E-state index contributed by atoms with van der Waals surface area (Å²) in [6, 6.07) is 9.30. The maximum absolute atomic E-state index is 11.0. The van der Waals surface area contributed by atoms with Gasteiger partial charge in [-0.25, -0.2) is 4.98 Å². The summed E-state index contributed by atoms with van der Waals surface area (Å²) in [5, 5.41) is 4.04. The van der Waals surface area contributed by atoms with Gasteiger partial charge >= 0.3 is 0 Å². The number of ether oxygens (including phenoxy) is 1. The summed E-state index contributed by atoms with van der Waals surface area (Å²) in [4.78, 5) is 15.5. The molecular formula is C14H17N3O2. The van der Waals surface area contributed by atoms with E-state index in [1.807, 2.05) is 30.3 Å². The molecule has 0 saturated carbocycles. The highest BCUT2D eigenvalue weighted by molar-refractivity contribution is 5.84. The van der Waals surface area contributed by atoms with Crippen molar-refractivity contribution in [2.24, 2.45) is 5.73 Å². The zero-order chi connectivity index (χ0) is 13.8. The van der Waals surface area contributed by atoms with Crippen LogP contribution in [0.4, 0.5) is 0 Å². The molecule has 5 heteroatoms. The van der Waals surface area contributed by atoms with Gasteiger partial charge in [0.15, 0.2) is 0 Å². The first-order valence-electron chi connectivity index (χ1n) is 6.07. The Morgan fingerprint density at radius 3 is 2.89 bits per heavy atom. The van der Waals surface area contributed by atoms with Crippen molar-refractivity contribution in [3.8, 4) is 5.75 Å². The monoisotopic (exact) mass is 259 g/mol. The SMILES string of the molecule is COc1cccc2ccc(CNC(C)C(N)=O)nc12. The lowest BCUT2D eigenvalue weighted by atomic mass is 10.2. The van der Waals surface area contributed by atoms with Crippen LogP contribution in [0.2, 0.25) is 0 Å². The Morgan fingerprint density at radius 1 is 1.42 bits per heavy atom. The van der Waals surface area contributed by atoms with E-state index >= 15 is 0 Å². The van der Waals surface area contributed by atoms with Crippen molar-refractivity contribution in [3.05, 3.63) is 36.0 Å². The number of methoxy groups -OCH3 is 1. The van der Waals surface area contributed by atoms with Gasteiger partial charge in [0.1, 0.15) is 11.3 Å². The van der Waals surface area contributed by atoms with Gasteiger partial charge in [-0.1, -0.05) is 18.2 Å². The van der Waals surface area contributed by atoms with Gasteiger partial charge in [0.25, 0.3) is 0 Å². The second-order valence-electron chi connectivity index (χ2n) is 4.34. The predicted molar refractivity (Wildman–Crippen MR) is 73.8 cm³/mol. The second kappa shape index (κ2) is 5.67. The predicted octanol–water partition coefficient (Wildman–Crippen LogP) is 1.21. The number of nitrogens with one attached hydrogen (secondary N) is 1. The third-order valence-electron chi connectivity index (χ3n) is 2.98. The summed E-state index contributed by atoms with van der Waals surface area (Å²) < 4.78 is 5.29. The average Bonchev–Trinajstić information content (AvgIpc) is 2.43. The van der Waals surface area contributed by atoms with Crippen LogP contribution >= 0.6 is 0 Å². The van der Waals surface area contributed by atoms with Crippen LogP contribution in [0, 0.1) is 0 Å². The third kappa shape index (κ3) is 3.00. The molecular weight excluding hydrogens is 242 g/mol. The van der Waals surface area contributed by atoms with Crippen molar-refractivity contribution in [2.45, 2.75) is 19.5 Å². The van der Waals surface area contributed by atoms with Gasteiger partial charge in [-0.15, -0.1) is 0 Å². The lowest BCUT2D eigenvalue weighted by Crippen LogP contribution is -2.38. The van der Waals surface area contributed by atoms with E-state index in [0.29, 0.717) is 6.54 Å². The number of nitrogens with two attached hydrogens (primary N) is 1. The third-order valence-corrected chi connectivity index (χ3v) is 2.98. The van der Waals surface area contributed by atoms with Crippen molar-refractivity contribution in [2.75, 3.05) is 7.11 Å². The Bertz CT molecular complexity index is 598. The molecule has 0 radical (unpaired) electrons. The molecule has 1 unspecified atom stereocenters. The van der Waals surface area contributed by atoms with Gasteiger partial charge in [-0.2, -0.15) is 0 Å². The van der Waals surface area contributed by atoms with Gasteiger partial charge in [0.2, 0.25) is 5.91 Å². The van der Waals surface area contributed by atoms with Crippen molar-refractivity contribution in [1.82, 2.24) is 10.3 Å². The summed E-state index contributed by atoms with van der Waals surface area (Å²) in [7, 11) is 1.62. The zero-order valence-corrected chi connectivity index (χ0v) is 11.0. The number of pyridine rings is 1. The van der Waals surface area contributed by atoms with Crippen molar-refractivity contribution in [3.63, 3.8) is 0 Å². The van der Waals surface area contributed by atoms with Gasteiger partial charge in [0, 0.05) is 11.9 Å². The summed E-state index contributed by atoms with van der Waals surface area (Å²) >= 11 is 0. The molecule has 0 fully saturated rings. The molecule has 0 bridgehead atoms. The molecule has 19 heavy (non-hydrogen) atoms. The standard InChI is InChI=1S/C14H17N3O2/c1-9(14(15)18)16-8-11-7-6-10-4-3-5-12(19-2)13(10)17-11/h3-7,9,16H,8H2,1-2H3,(H2,15,18). The molecule has 0 spiro atoms. The first kappa shape index (κ1) is 13.3. The van der Waals surface area contributed by atoms with Crippen LogP contribution in [0.3, 0.4) is 0 Å². The van der Waals surface area contributed by atoms with Crippen LogP contribution in [0.5, 0.6) is 5.75 Å². The Morgan fingerprint density at radius 2 is 2.21 bits per heavy atom. The largest absolute Gasteiger partial charge is 0.494 e. The molecule has 0 aliphatic heterocycles. The molecule has 1 amide bonds. The molecule has 0 aliphatic carbocycles. The van der Waals surface area contributed by atoms with Crippen LogP contribution in [0.25, 0.3) is 10.9 Å². The normalized spacial score (nSPS) is 12.3. The minimum Gasteiger partial charge on any atom is -0.494 e. The van der Waals surface area contributed by atoms with Gasteiger partial charge in [0.05, 0.1) is 18.8 Å². The number of carbonyl (C=O) groups excluding carboxylic acids is 1. The minimum absolute atomic E-state index is 0.377. The number of amides is 1. The maximum Gasteiger partial charge on any atom is 0.234 e. The van der Waals surface area contributed by atoms with Crippen LogP contribution in [-0.4, -0.2) is 24.0 Å². The number of para-hydroxylation sites is 1. The van der Waals surface area contributed by atoms with E-state index in [-0.39, 0.29) is 11.9 Å². The number of fused-ring (bicyclic) bond motifs is 1. The highest BCUT2D eigenvalue weighted by Crippen LogP contribution is 2.23. The number of hydrogen-bond donors (Lipinski definition) is 2. The van der Waals surface area contributed by atoms with Crippen molar-refractivity contribution in [1.29, 1.82) is 0 Å². The van der Waals surface area contributed by atoms with Crippen LogP contribution in [0.1, 0.15) is 12.6 Å². The summed E-state index contributed by atoms with van der Waals surface area (Å²) in [5.41, 5.74) is 6.85. The number of carbonyl (C=O) groups is 1. The molecule has 2 rings (SSSR count). The van der Waals surface area contributed by atoms with Crippen LogP contribution < -0.4 is 15.8 Å². The van der Waals surface area contributed by atoms with E-state index in [1.54, 1.807) is 14.0 Å². The van der Waals surface area contributed by atoms with E-state index in [2.05, 4.69) is 10.3 Å². The Labute approximate surface area is 111 Å². The van der Waals surface area contributed by atoms with Gasteiger partial charge in [-0.05, 0) is 19.1 Å². The number of nitrogens with zero attached hydrogens (tertiary/aromatic N) is 1. The fraction of sp³-hybridized carbons (Fsp3) is 0.286. The highest BCUT2D eigenvalue weighted by atomic mass is 16.5. The number of hydrogen-bond acceptors (Lipinski definition) is 4. The smallest absolute Gasteiger partial charge is 0.234 e. The van der Waals surface area contributed by atoms with E-state index in [0.717, 1.165) is 22.3 Å². The average molecular weight is 259 g/mol.